The standard InChI is InChI=1S/C15H13FN2O2S/c16-13-7-9(14(17)21)4-5-11(13)8-18-15(20)10-2-1-3-12(19)6-10/h1-7,19H,8H2,(H2,17,21)(H,18,20). The number of hydrogen-bond acceptors (Lipinski definition) is 3. The van der Waals surface area contributed by atoms with Gasteiger partial charge in [0.25, 0.3) is 5.91 Å². The molecule has 2 aromatic rings. The Morgan fingerprint density at radius 3 is 2.62 bits per heavy atom. The number of amides is 1. The van der Waals surface area contributed by atoms with Crippen molar-refractivity contribution in [2.24, 2.45) is 5.73 Å². The van der Waals surface area contributed by atoms with Gasteiger partial charge in [-0.1, -0.05) is 30.4 Å². The second-order valence-corrected chi connectivity index (χ2v) is 4.84. The maximum Gasteiger partial charge on any atom is 0.251 e. The topological polar surface area (TPSA) is 75.3 Å². The highest BCUT2D eigenvalue weighted by Crippen LogP contribution is 2.13. The number of nitrogens with one attached hydrogen (secondary N) is 1. The highest BCUT2D eigenvalue weighted by molar-refractivity contribution is 7.80. The van der Waals surface area contributed by atoms with Gasteiger partial charge in [-0.3, -0.25) is 4.79 Å². The number of rotatable bonds is 4. The van der Waals surface area contributed by atoms with E-state index in [1.165, 1.54) is 24.3 Å². The predicted molar refractivity (Wildman–Crippen MR) is 81.6 cm³/mol. The SMILES string of the molecule is NC(=S)c1ccc(CNC(=O)c2cccc(O)c2)c(F)c1. The molecule has 0 aromatic heterocycles. The number of benzene rings is 2. The molecule has 0 fully saturated rings. The van der Waals surface area contributed by atoms with E-state index in [9.17, 15) is 14.3 Å². The summed E-state index contributed by atoms with van der Waals surface area (Å²) in [5.41, 5.74) is 6.48. The normalized spacial score (nSPS) is 10.1. The lowest BCUT2D eigenvalue weighted by Gasteiger charge is -2.08. The molecule has 2 rings (SSSR count). The molecule has 0 atom stereocenters. The van der Waals surface area contributed by atoms with Gasteiger partial charge in [0.2, 0.25) is 0 Å². The number of phenolic OH excluding ortho intramolecular Hbond substituents is 1. The van der Waals surface area contributed by atoms with Gasteiger partial charge in [-0.25, -0.2) is 4.39 Å². The van der Waals surface area contributed by atoms with Crippen LogP contribution >= 0.6 is 12.2 Å². The van der Waals surface area contributed by atoms with Gasteiger partial charge < -0.3 is 16.2 Å². The van der Waals surface area contributed by atoms with Gasteiger partial charge >= 0.3 is 0 Å². The van der Waals surface area contributed by atoms with Crippen molar-refractivity contribution in [3.8, 4) is 5.75 Å². The first-order valence-electron chi connectivity index (χ1n) is 6.13. The summed E-state index contributed by atoms with van der Waals surface area (Å²) in [5.74, 6) is -0.894. The molecule has 0 unspecified atom stereocenters. The van der Waals surface area contributed by atoms with Crippen LogP contribution in [0.25, 0.3) is 0 Å². The average molecular weight is 304 g/mol. The average Bonchev–Trinajstić information content (AvgIpc) is 2.45. The molecule has 4 N–H and O–H groups in total. The molecule has 0 saturated carbocycles. The zero-order chi connectivity index (χ0) is 15.4. The monoisotopic (exact) mass is 304 g/mol. The maximum atomic E-state index is 13.8. The minimum atomic E-state index is -0.489. The molecule has 0 radical (unpaired) electrons. The molecule has 0 saturated heterocycles. The van der Waals surface area contributed by atoms with Crippen molar-refractivity contribution in [1.29, 1.82) is 0 Å². The fraction of sp³-hybridized carbons (Fsp3) is 0.0667. The largest absolute Gasteiger partial charge is 0.508 e. The lowest BCUT2D eigenvalue weighted by atomic mass is 10.1. The number of hydrogen-bond donors (Lipinski definition) is 3. The Morgan fingerprint density at radius 2 is 2.00 bits per heavy atom. The Balaban J connectivity index is 2.06. The molecule has 0 heterocycles. The van der Waals surface area contributed by atoms with E-state index in [-0.39, 0.29) is 17.3 Å². The molecular formula is C15H13FN2O2S. The molecule has 0 spiro atoms. The smallest absolute Gasteiger partial charge is 0.251 e. The number of nitrogens with two attached hydrogens (primary N) is 1. The van der Waals surface area contributed by atoms with Crippen molar-refractivity contribution < 1.29 is 14.3 Å². The number of phenols is 1. The molecule has 0 aliphatic heterocycles. The Kier molecular flexibility index (Phi) is 4.49. The third kappa shape index (κ3) is 3.76. The lowest BCUT2D eigenvalue weighted by molar-refractivity contribution is 0.0950. The molecule has 4 nitrogen and oxygen atoms in total. The Hall–Kier alpha value is -2.47. The zero-order valence-electron chi connectivity index (χ0n) is 11.0. The summed E-state index contributed by atoms with van der Waals surface area (Å²) < 4.78 is 13.8. The minimum Gasteiger partial charge on any atom is -0.508 e. The van der Waals surface area contributed by atoms with Crippen molar-refractivity contribution in [2.75, 3.05) is 0 Å². The van der Waals surface area contributed by atoms with E-state index in [1.54, 1.807) is 18.2 Å². The first-order valence-corrected chi connectivity index (χ1v) is 6.53. The maximum absolute atomic E-state index is 13.8. The van der Waals surface area contributed by atoms with E-state index in [1.807, 2.05) is 0 Å². The van der Waals surface area contributed by atoms with Crippen LogP contribution in [0, 0.1) is 5.82 Å². The van der Waals surface area contributed by atoms with E-state index < -0.39 is 11.7 Å². The van der Waals surface area contributed by atoms with E-state index in [0.29, 0.717) is 16.7 Å². The van der Waals surface area contributed by atoms with Gasteiger partial charge in [-0.15, -0.1) is 0 Å². The van der Waals surface area contributed by atoms with E-state index in [2.05, 4.69) is 5.32 Å². The highest BCUT2D eigenvalue weighted by atomic mass is 32.1. The van der Waals surface area contributed by atoms with Gasteiger partial charge in [0.15, 0.2) is 0 Å². The first-order chi connectivity index (χ1) is 9.97. The predicted octanol–water partition coefficient (Wildman–Crippen LogP) is 2.10. The van der Waals surface area contributed by atoms with Gasteiger partial charge in [0, 0.05) is 23.2 Å². The molecule has 21 heavy (non-hydrogen) atoms. The van der Waals surface area contributed by atoms with Crippen LogP contribution in [0.2, 0.25) is 0 Å². The third-order valence-corrected chi connectivity index (χ3v) is 3.12. The summed E-state index contributed by atoms with van der Waals surface area (Å²) >= 11 is 4.76. The van der Waals surface area contributed by atoms with Crippen LogP contribution in [0.3, 0.4) is 0 Å². The van der Waals surface area contributed by atoms with Crippen LogP contribution in [-0.4, -0.2) is 16.0 Å². The van der Waals surface area contributed by atoms with Gasteiger partial charge in [-0.05, 0) is 24.3 Å². The molecule has 108 valence electrons. The second-order valence-electron chi connectivity index (χ2n) is 4.40. The van der Waals surface area contributed by atoms with Crippen molar-refractivity contribution in [1.82, 2.24) is 5.32 Å². The Bertz CT molecular complexity index is 704. The van der Waals surface area contributed by atoms with Gasteiger partial charge in [0.1, 0.15) is 16.6 Å². The summed E-state index contributed by atoms with van der Waals surface area (Å²) in [7, 11) is 0. The van der Waals surface area contributed by atoms with Gasteiger partial charge in [-0.2, -0.15) is 0 Å². The first kappa shape index (κ1) is 14.9. The Morgan fingerprint density at radius 1 is 1.24 bits per heavy atom. The van der Waals surface area contributed by atoms with Crippen molar-refractivity contribution in [2.45, 2.75) is 6.54 Å². The van der Waals surface area contributed by atoms with Crippen LogP contribution in [0.15, 0.2) is 42.5 Å². The molecule has 6 heteroatoms. The molecule has 1 amide bonds. The lowest BCUT2D eigenvalue weighted by Crippen LogP contribution is -2.23. The van der Waals surface area contributed by atoms with Crippen molar-refractivity contribution in [3.05, 3.63) is 65.0 Å². The van der Waals surface area contributed by atoms with Crippen LogP contribution in [0.4, 0.5) is 4.39 Å². The van der Waals surface area contributed by atoms with E-state index in [4.69, 9.17) is 18.0 Å². The summed E-state index contributed by atoms with van der Waals surface area (Å²) in [6.07, 6.45) is 0. The van der Waals surface area contributed by atoms with Crippen molar-refractivity contribution in [3.63, 3.8) is 0 Å². The molecule has 0 aliphatic rings. The number of halogens is 1. The molecular weight excluding hydrogens is 291 g/mol. The molecule has 0 aliphatic carbocycles. The highest BCUT2D eigenvalue weighted by Gasteiger charge is 2.09. The summed E-state index contributed by atoms with van der Waals surface area (Å²) in [6, 6.07) is 10.3. The molecule has 0 bridgehead atoms. The number of carbonyl (C=O) groups is 1. The van der Waals surface area contributed by atoms with E-state index in [0.717, 1.165) is 0 Å². The van der Waals surface area contributed by atoms with Gasteiger partial charge in [0.05, 0.1) is 0 Å². The quantitative estimate of drug-likeness (QED) is 0.756. The summed E-state index contributed by atoms with van der Waals surface area (Å²) in [5, 5.41) is 11.9. The zero-order valence-corrected chi connectivity index (χ0v) is 11.8. The summed E-state index contributed by atoms with van der Waals surface area (Å²) in [4.78, 5) is 12.0. The number of aromatic hydroxyl groups is 1. The van der Waals surface area contributed by atoms with Crippen LogP contribution in [-0.2, 0) is 6.54 Å². The van der Waals surface area contributed by atoms with E-state index >= 15 is 0 Å². The third-order valence-electron chi connectivity index (χ3n) is 2.89. The fourth-order valence-electron chi connectivity index (χ4n) is 1.77. The van der Waals surface area contributed by atoms with Crippen LogP contribution in [0.5, 0.6) is 5.75 Å². The van der Waals surface area contributed by atoms with Crippen LogP contribution in [0.1, 0.15) is 21.5 Å². The number of thiocarbonyl (C=S) groups is 1. The molecule has 2 aromatic carbocycles. The fourth-order valence-corrected chi connectivity index (χ4v) is 1.90. The second kappa shape index (κ2) is 6.32. The van der Waals surface area contributed by atoms with Crippen LogP contribution < -0.4 is 11.1 Å². The number of carbonyl (C=O) groups excluding carboxylic acids is 1. The van der Waals surface area contributed by atoms with Crippen molar-refractivity contribution >= 4 is 23.1 Å². The summed E-state index contributed by atoms with van der Waals surface area (Å²) in [6.45, 7) is 0.0257. The minimum absolute atomic E-state index is 0.00496. The Labute approximate surface area is 126 Å².